The average molecular weight is 255 g/mol. The van der Waals surface area contributed by atoms with E-state index in [0.29, 0.717) is 18.1 Å². The maximum Gasteiger partial charge on any atom is 0.321 e. The summed E-state index contributed by atoms with van der Waals surface area (Å²) >= 11 is 1.50. The molecular weight excluding hydrogens is 238 g/mol. The Morgan fingerprint density at radius 2 is 2.24 bits per heavy atom. The van der Waals surface area contributed by atoms with Gasteiger partial charge < -0.3 is 15.6 Å². The fraction of sp³-hybridized carbons (Fsp3) is 0.417. The van der Waals surface area contributed by atoms with Crippen LogP contribution in [-0.4, -0.2) is 29.5 Å². The Morgan fingerprint density at radius 3 is 2.88 bits per heavy atom. The van der Waals surface area contributed by atoms with Crippen molar-refractivity contribution in [3.05, 3.63) is 29.8 Å². The minimum Gasteiger partial charge on any atom is -0.494 e. The van der Waals surface area contributed by atoms with E-state index >= 15 is 0 Å². The zero-order chi connectivity index (χ0) is 12.7. The monoisotopic (exact) mass is 255 g/mol. The summed E-state index contributed by atoms with van der Waals surface area (Å²) in [5.74, 6) is 0.995. The number of carbonyl (C=O) groups is 1. The minimum atomic E-state index is -0.962. The number of benzene rings is 1. The molecule has 17 heavy (non-hydrogen) atoms. The molecule has 0 amide bonds. The summed E-state index contributed by atoms with van der Waals surface area (Å²) in [7, 11) is 0. The van der Waals surface area contributed by atoms with Crippen LogP contribution in [0.5, 0.6) is 5.75 Å². The summed E-state index contributed by atoms with van der Waals surface area (Å²) in [6, 6.07) is 6.94. The smallest absolute Gasteiger partial charge is 0.321 e. The molecule has 0 unspecified atom stereocenters. The van der Waals surface area contributed by atoms with E-state index in [-0.39, 0.29) is 0 Å². The minimum absolute atomic E-state index is 0.399. The summed E-state index contributed by atoms with van der Waals surface area (Å²) in [5.41, 5.74) is 6.49. The largest absolute Gasteiger partial charge is 0.494 e. The normalized spacial score (nSPS) is 12.1. The van der Waals surface area contributed by atoms with Gasteiger partial charge in [-0.15, -0.1) is 0 Å². The second-order valence-corrected chi connectivity index (χ2v) is 4.53. The van der Waals surface area contributed by atoms with Crippen molar-refractivity contribution in [3.8, 4) is 5.75 Å². The van der Waals surface area contributed by atoms with Crippen LogP contribution in [0.15, 0.2) is 24.3 Å². The predicted octanol–water partition coefficient (Wildman–Crippen LogP) is 1.73. The topological polar surface area (TPSA) is 72.5 Å². The molecule has 5 heteroatoms. The molecule has 0 saturated carbocycles. The number of nitrogens with two attached hydrogens (primary N) is 1. The average Bonchev–Trinajstić information content (AvgIpc) is 2.31. The molecule has 0 aliphatic heterocycles. The van der Waals surface area contributed by atoms with E-state index in [4.69, 9.17) is 15.6 Å². The number of aliphatic carboxylic acids is 1. The fourth-order valence-electron chi connectivity index (χ4n) is 1.29. The zero-order valence-electron chi connectivity index (χ0n) is 9.76. The van der Waals surface area contributed by atoms with E-state index < -0.39 is 12.0 Å². The van der Waals surface area contributed by atoms with Crippen LogP contribution in [0, 0.1) is 0 Å². The van der Waals surface area contributed by atoms with Crippen molar-refractivity contribution in [2.45, 2.75) is 18.7 Å². The number of hydrogen-bond donors (Lipinski definition) is 2. The van der Waals surface area contributed by atoms with Gasteiger partial charge in [-0.05, 0) is 13.0 Å². The summed E-state index contributed by atoms with van der Waals surface area (Å²) in [4.78, 5) is 10.5. The first-order valence-electron chi connectivity index (χ1n) is 5.42. The summed E-state index contributed by atoms with van der Waals surface area (Å²) in [6.07, 6.45) is 0. The van der Waals surface area contributed by atoms with E-state index in [9.17, 15) is 4.79 Å². The van der Waals surface area contributed by atoms with E-state index in [1.807, 2.05) is 31.2 Å². The van der Waals surface area contributed by atoms with Gasteiger partial charge in [-0.3, -0.25) is 4.79 Å². The number of carboxylic acid groups (broad SMARTS) is 1. The summed E-state index contributed by atoms with van der Waals surface area (Å²) in [6.45, 7) is 2.56. The molecule has 1 aromatic rings. The highest BCUT2D eigenvalue weighted by Crippen LogP contribution is 2.23. The molecule has 0 spiro atoms. The summed E-state index contributed by atoms with van der Waals surface area (Å²) in [5, 5.41) is 8.65. The van der Waals surface area contributed by atoms with Gasteiger partial charge in [0.15, 0.2) is 0 Å². The van der Waals surface area contributed by atoms with Crippen molar-refractivity contribution >= 4 is 17.7 Å². The second kappa shape index (κ2) is 7.19. The number of thioether (sulfide) groups is 1. The van der Waals surface area contributed by atoms with Crippen molar-refractivity contribution in [1.82, 2.24) is 0 Å². The van der Waals surface area contributed by atoms with Gasteiger partial charge in [0, 0.05) is 17.1 Å². The number of para-hydroxylation sites is 1. The van der Waals surface area contributed by atoms with E-state index in [1.54, 1.807) is 0 Å². The van der Waals surface area contributed by atoms with Crippen molar-refractivity contribution in [2.75, 3.05) is 12.4 Å². The third-order valence-electron chi connectivity index (χ3n) is 2.14. The molecule has 0 fully saturated rings. The van der Waals surface area contributed by atoms with Gasteiger partial charge in [-0.2, -0.15) is 11.8 Å². The highest BCUT2D eigenvalue weighted by molar-refractivity contribution is 7.98. The first-order chi connectivity index (χ1) is 8.15. The molecule has 1 aromatic carbocycles. The van der Waals surface area contributed by atoms with E-state index in [1.165, 1.54) is 11.8 Å². The highest BCUT2D eigenvalue weighted by atomic mass is 32.2. The Hall–Kier alpha value is -1.20. The van der Waals surface area contributed by atoms with Crippen molar-refractivity contribution in [1.29, 1.82) is 0 Å². The Labute approximate surface area is 105 Å². The quantitative estimate of drug-likeness (QED) is 0.776. The molecule has 0 bridgehead atoms. The zero-order valence-corrected chi connectivity index (χ0v) is 10.6. The molecule has 1 atom stereocenters. The van der Waals surface area contributed by atoms with Gasteiger partial charge in [-0.1, -0.05) is 18.2 Å². The Kier molecular flexibility index (Phi) is 5.86. The molecular formula is C12H17NO3S. The molecule has 4 nitrogen and oxygen atoms in total. The van der Waals surface area contributed by atoms with Crippen LogP contribution >= 0.6 is 11.8 Å². The number of ether oxygens (including phenoxy) is 1. The molecule has 0 heterocycles. The van der Waals surface area contributed by atoms with E-state index in [2.05, 4.69) is 0 Å². The first kappa shape index (κ1) is 13.9. The van der Waals surface area contributed by atoms with E-state index in [0.717, 1.165) is 11.3 Å². The maximum atomic E-state index is 10.5. The lowest BCUT2D eigenvalue weighted by Gasteiger charge is -2.10. The van der Waals surface area contributed by atoms with Crippen LogP contribution in [-0.2, 0) is 10.5 Å². The molecule has 94 valence electrons. The Balaban J connectivity index is 2.48. The highest BCUT2D eigenvalue weighted by Gasteiger charge is 2.11. The third-order valence-corrected chi connectivity index (χ3v) is 3.25. The van der Waals surface area contributed by atoms with Crippen LogP contribution in [0.2, 0.25) is 0 Å². The predicted molar refractivity (Wildman–Crippen MR) is 69.4 cm³/mol. The summed E-state index contributed by atoms with van der Waals surface area (Å²) < 4.78 is 5.48. The van der Waals surface area contributed by atoms with Gasteiger partial charge in [-0.25, -0.2) is 0 Å². The van der Waals surface area contributed by atoms with Gasteiger partial charge >= 0.3 is 5.97 Å². The fourth-order valence-corrected chi connectivity index (χ4v) is 2.26. The molecule has 0 saturated heterocycles. The molecule has 0 aliphatic carbocycles. The molecule has 1 rings (SSSR count). The molecule has 0 radical (unpaired) electrons. The van der Waals surface area contributed by atoms with Crippen LogP contribution < -0.4 is 10.5 Å². The van der Waals surface area contributed by atoms with Crippen LogP contribution in [0.25, 0.3) is 0 Å². The lowest BCUT2D eigenvalue weighted by atomic mass is 10.2. The van der Waals surface area contributed by atoms with Crippen LogP contribution in [0.1, 0.15) is 12.5 Å². The molecule has 0 aliphatic rings. The van der Waals surface area contributed by atoms with Crippen molar-refractivity contribution < 1.29 is 14.6 Å². The second-order valence-electron chi connectivity index (χ2n) is 3.50. The van der Waals surface area contributed by atoms with Crippen molar-refractivity contribution in [2.24, 2.45) is 5.73 Å². The maximum absolute atomic E-state index is 10.5. The third kappa shape index (κ3) is 4.66. The number of rotatable bonds is 7. The van der Waals surface area contributed by atoms with Crippen molar-refractivity contribution in [3.63, 3.8) is 0 Å². The van der Waals surface area contributed by atoms with Gasteiger partial charge in [0.05, 0.1) is 6.61 Å². The van der Waals surface area contributed by atoms with Crippen LogP contribution in [0.3, 0.4) is 0 Å². The van der Waals surface area contributed by atoms with Gasteiger partial charge in [0.25, 0.3) is 0 Å². The molecule has 0 aromatic heterocycles. The standard InChI is InChI=1S/C12H17NO3S/c1-2-16-11-6-4-3-5-9(11)7-17-8-10(13)12(14)15/h3-6,10H,2,7-8,13H2,1H3,(H,14,15)/t10-/m0/s1. The van der Waals surface area contributed by atoms with Crippen LogP contribution in [0.4, 0.5) is 0 Å². The lowest BCUT2D eigenvalue weighted by molar-refractivity contribution is -0.137. The van der Waals surface area contributed by atoms with Gasteiger partial charge in [0.1, 0.15) is 11.8 Å². The number of hydrogen-bond acceptors (Lipinski definition) is 4. The Bertz CT molecular complexity index is 371. The molecule has 3 N–H and O–H groups in total. The lowest BCUT2D eigenvalue weighted by Crippen LogP contribution is -2.32. The first-order valence-corrected chi connectivity index (χ1v) is 6.57. The van der Waals surface area contributed by atoms with Gasteiger partial charge in [0.2, 0.25) is 0 Å². The SMILES string of the molecule is CCOc1ccccc1CSC[C@H](N)C(=O)O. The number of carboxylic acids is 1. The Morgan fingerprint density at radius 1 is 1.53 bits per heavy atom.